The van der Waals surface area contributed by atoms with Gasteiger partial charge in [-0.05, 0) is 35.4 Å². The van der Waals surface area contributed by atoms with E-state index in [1.807, 2.05) is 18.2 Å². The minimum Gasteiger partial charge on any atom is -0.478 e. The van der Waals surface area contributed by atoms with Gasteiger partial charge in [0.25, 0.3) is 0 Å². The Morgan fingerprint density at radius 2 is 1.79 bits per heavy atom. The van der Waals surface area contributed by atoms with Gasteiger partial charge in [0.2, 0.25) is 5.91 Å². The third-order valence-electron chi connectivity index (χ3n) is 3.17. The Hall–Kier alpha value is -2.60. The molecule has 1 amide bonds. The van der Waals surface area contributed by atoms with Crippen LogP contribution in [-0.4, -0.2) is 34.7 Å². The van der Waals surface area contributed by atoms with Crippen LogP contribution < -0.4 is 5.43 Å². The fourth-order valence-electron chi connectivity index (χ4n) is 1.92. The number of hydrogen-bond acceptors (Lipinski definition) is 4. The van der Waals surface area contributed by atoms with Crippen molar-refractivity contribution in [1.82, 2.24) is 5.43 Å². The predicted molar refractivity (Wildman–Crippen MR) is 96.6 cm³/mol. The van der Waals surface area contributed by atoms with Crippen molar-refractivity contribution >= 4 is 29.9 Å². The Morgan fingerprint density at radius 3 is 2.46 bits per heavy atom. The fourth-order valence-corrected chi connectivity index (χ4v) is 2.70. The lowest BCUT2D eigenvalue weighted by Gasteiger charge is -2.01. The molecule has 0 fully saturated rings. The molecule has 0 unspecified atom stereocenters. The van der Waals surface area contributed by atoms with Crippen molar-refractivity contribution in [3.05, 3.63) is 71.3 Å². The molecule has 6 heteroatoms. The minimum atomic E-state index is -0.973. The van der Waals surface area contributed by atoms with Gasteiger partial charge < -0.3 is 5.11 Å². The highest BCUT2D eigenvalue weighted by molar-refractivity contribution is 7.99. The van der Waals surface area contributed by atoms with Gasteiger partial charge in [-0.1, -0.05) is 42.5 Å². The number of aryl methyl sites for hydroxylation is 1. The topological polar surface area (TPSA) is 78.8 Å². The number of thioether (sulfide) groups is 1. The third-order valence-corrected chi connectivity index (χ3v) is 4.13. The van der Waals surface area contributed by atoms with Crippen molar-refractivity contribution in [3.63, 3.8) is 0 Å². The van der Waals surface area contributed by atoms with E-state index in [1.165, 1.54) is 23.9 Å². The van der Waals surface area contributed by atoms with Crippen LogP contribution in [0.25, 0.3) is 0 Å². The first-order valence-corrected chi connectivity index (χ1v) is 8.57. The first kappa shape index (κ1) is 17.7. The molecule has 0 aromatic heterocycles. The molecule has 5 nitrogen and oxygen atoms in total. The minimum absolute atomic E-state index is 0.161. The second kappa shape index (κ2) is 9.52. The van der Waals surface area contributed by atoms with E-state index in [0.29, 0.717) is 5.75 Å². The molecule has 0 saturated heterocycles. The Labute approximate surface area is 144 Å². The first-order valence-electron chi connectivity index (χ1n) is 7.42. The van der Waals surface area contributed by atoms with Gasteiger partial charge in [-0.15, -0.1) is 0 Å². The maximum Gasteiger partial charge on any atom is 0.335 e. The number of aromatic carboxylic acids is 1. The van der Waals surface area contributed by atoms with Gasteiger partial charge in [0.05, 0.1) is 17.5 Å². The number of carboxylic acid groups (broad SMARTS) is 1. The molecule has 2 N–H and O–H groups in total. The quantitative estimate of drug-likeness (QED) is 0.439. The van der Waals surface area contributed by atoms with E-state index in [2.05, 4.69) is 22.7 Å². The Bertz CT molecular complexity index is 700. The van der Waals surface area contributed by atoms with Crippen molar-refractivity contribution in [2.75, 3.05) is 11.5 Å². The summed E-state index contributed by atoms with van der Waals surface area (Å²) in [5.74, 6) is 0.0886. The lowest BCUT2D eigenvalue weighted by Crippen LogP contribution is -2.20. The molecule has 0 aliphatic heterocycles. The summed E-state index contributed by atoms with van der Waals surface area (Å²) in [6, 6.07) is 16.4. The number of rotatable bonds is 8. The summed E-state index contributed by atoms with van der Waals surface area (Å²) in [5, 5.41) is 12.7. The van der Waals surface area contributed by atoms with Gasteiger partial charge in [-0.25, -0.2) is 10.2 Å². The summed E-state index contributed by atoms with van der Waals surface area (Å²) in [5.41, 5.74) is 4.65. The number of amides is 1. The van der Waals surface area contributed by atoms with Crippen LogP contribution in [-0.2, 0) is 11.2 Å². The van der Waals surface area contributed by atoms with Crippen molar-refractivity contribution in [1.29, 1.82) is 0 Å². The van der Waals surface area contributed by atoms with Gasteiger partial charge in [-0.3, -0.25) is 4.79 Å². The average Bonchev–Trinajstić information content (AvgIpc) is 2.60. The molecule has 0 heterocycles. The highest BCUT2D eigenvalue weighted by Gasteiger charge is 2.01. The summed E-state index contributed by atoms with van der Waals surface area (Å²) >= 11 is 1.56. The van der Waals surface area contributed by atoms with Crippen LogP contribution in [0.3, 0.4) is 0 Å². The summed E-state index contributed by atoms with van der Waals surface area (Å²) in [6.45, 7) is 0. The van der Waals surface area contributed by atoms with Crippen molar-refractivity contribution < 1.29 is 14.7 Å². The molecule has 24 heavy (non-hydrogen) atoms. The lowest BCUT2D eigenvalue weighted by atomic mass is 10.1. The van der Waals surface area contributed by atoms with Gasteiger partial charge in [0.1, 0.15) is 0 Å². The molecular weight excluding hydrogens is 324 g/mol. The normalized spacial score (nSPS) is 10.7. The van der Waals surface area contributed by atoms with Crippen molar-refractivity contribution in [2.45, 2.75) is 6.42 Å². The van der Waals surface area contributed by atoms with Crippen LogP contribution in [0.1, 0.15) is 21.5 Å². The summed E-state index contributed by atoms with van der Waals surface area (Å²) < 4.78 is 0. The molecule has 2 aromatic rings. The molecule has 2 rings (SSSR count). The number of carbonyl (C=O) groups is 2. The zero-order valence-corrected chi connectivity index (χ0v) is 13.8. The monoisotopic (exact) mass is 342 g/mol. The number of hydrogen-bond donors (Lipinski definition) is 2. The highest BCUT2D eigenvalue weighted by atomic mass is 32.2. The Kier molecular flexibility index (Phi) is 7.04. The molecule has 0 atom stereocenters. The van der Waals surface area contributed by atoms with Crippen LogP contribution >= 0.6 is 11.8 Å². The third kappa shape index (κ3) is 6.26. The van der Waals surface area contributed by atoms with E-state index in [4.69, 9.17) is 5.11 Å². The van der Waals surface area contributed by atoms with Crippen LogP contribution in [0.15, 0.2) is 59.7 Å². The van der Waals surface area contributed by atoms with Crippen LogP contribution in [0, 0.1) is 0 Å². The van der Waals surface area contributed by atoms with Crippen molar-refractivity contribution in [3.8, 4) is 0 Å². The van der Waals surface area contributed by atoms with E-state index in [1.54, 1.807) is 23.9 Å². The zero-order valence-electron chi connectivity index (χ0n) is 13.0. The van der Waals surface area contributed by atoms with Crippen LogP contribution in [0.2, 0.25) is 0 Å². The molecule has 0 spiro atoms. The van der Waals surface area contributed by atoms with Gasteiger partial charge in [-0.2, -0.15) is 16.9 Å². The second-order valence-electron chi connectivity index (χ2n) is 5.01. The summed E-state index contributed by atoms with van der Waals surface area (Å²) in [4.78, 5) is 22.4. The fraction of sp³-hybridized carbons (Fsp3) is 0.167. The number of carboxylic acids is 1. The van der Waals surface area contributed by atoms with Crippen LogP contribution in [0.5, 0.6) is 0 Å². The Balaban J connectivity index is 1.66. The molecule has 0 aliphatic rings. The second-order valence-corrected chi connectivity index (χ2v) is 6.11. The van der Waals surface area contributed by atoms with E-state index in [0.717, 1.165) is 17.7 Å². The number of nitrogens with one attached hydrogen (secondary N) is 1. The number of benzene rings is 2. The predicted octanol–water partition coefficient (Wildman–Crippen LogP) is 2.81. The maximum absolute atomic E-state index is 11.7. The SMILES string of the molecule is O=C(CSCCc1ccccc1)N/N=C\c1ccc(C(=O)O)cc1. The van der Waals surface area contributed by atoms with Gasteiger partial charge in [0.15, 0.2) is 0 Å². The molecule has 0 saturated carbocycles. The van der Waals surface area contributed by atoms with E-state index < -0.39 is 5.97 Å². The zero-order chi connectivity index (χ0) is 17.2. The lowest BCUT2D eigenvalue weighted by molar-refractivity contribution is -0.118. The number of nitrogens with zero attached hydrogens (tertiary/aromatic N) is 1. The largest absolute Gasteiger partial charge is 0.478 e. The molecular formula is C18H18N2O3S. The summed E-state index contributed by atoms with van der Waals surface area (Å²) in [6.07, 6.45) is 2.41. The first-order chi connectivity index (χ1) is 11.6. The van der Waals surface area contributed by atoms with Crippen molar-refractivity contribution in [2.24, 2.45) is 5.10 Å². The van der Waals surface area contributed by atoms with E-state index in [9.17, 15) is 9.59 Å². The molecule has 2 aromatic carbocycles. The molecule has 0 aliphatic carbocycles. The number of hydrazone groups is 1. The Morgan fingerprint density at radius 1 is 1.08 bits per heavy atom. The maximum atomic E-state index is 11.7. The molecule has 0 radical (unpaired) electrons. The van der Waals surface area contributed by atoms with E-state index in [-0.39, 0.29) is 11.5 Å². The molecule has 124 valence electrons. The highest BCUT2D eigenvalue weighted by Crippen LogP contribution is 2.06. The van der Waals surface area contributed by atoms with Crippen LogP contribution in [0.4, 0.5) is 0 Å². The van der Waals surface area contributed by atoms with Gasteiger partial charge >= 0.3 is 5.97 Å². The smallest absolute Gasteiger partial charge is 0.335 e. The molecule has 0 bridgehead atoms. The number of carbonyl (C=O) groups excluding carboxylic acids is 1. The average molecular weight is 342 g/mol. The standard InChI is InChI=1S/C18H18N2O3S/c21-17(13-24-11-10-14-4-2-1-3-5-14)20-19-12-15-6-8-16(9-7-15)18(22)23/h1-9,12H,10-11,13H2,(H,20,21)(H,22,23)/b19-12-. The van der Waals surface area contributed by atoms with Gasteiger partial charge in [0, 0.05) is 0 Å². The van der Waals surface area contributed by atoms with E-state index >= 15 is 0 Å². The summed E-state index contributed by atoms with van der Waals surface area (Å²) in [7, 11) is 0.